The Hall–Kier alpha value is -3.75. The van der Waals surface area contributed by atoms with Crippen LogP contribution < -0.4 is 10.2 Å². The van der Waals surface area contributed by atoms with Crippen molar-refractivity contribution in [2.24, 2.45) is 11.3 Å². The van der Waals surface area contributed by atoms with Crippen LogP contribution in [0.5, 0.6) is 0 Å². The molecule has 0 aliphatic carbocycles. The number of aliphatic hydroxyl groups excluding tert-OH is 1. The number of likely N-dealkylation sites (N-methyl/N-ethyl adjacent to an activating group) is 1. The number of nitrogens with one attached hydrogen (secondary N) is 1. The lowest BCUT2D eigenvalue weighted by Crippen LogP contribution is -2.52. The van der Waals surface area contributed by atoms with Crippen LogP contribution in [0.3, 0.4) is 0 Å². The number of hydrogen-bond acceptors (Lipinski definition) is 10. The normalized spacial score (nSPS) is 20.5. The second kappa shape index (κ2) is 16.5. The van der Waals surface area contributed by atoms with Gasteiger partial charge in [-0.05, 0) is 48.4 Å². The molecule has 0 saturated carbocycles. The third-order valence-electron chi connectivity index (χ3n) is 8.81. The number of alkyl carbamates (subject to hydrolysis) is 1. The van der Waals surface area contributed by atoms with E-state index < -0.39 is 71.1 Å². The average molecular weight is 725 g/mol. The van der Waals surface area contributed by atoms with Gasteiger partial charge in [0, 0.05) is 32.2 Å². The van der Waals surface area contributed by atoms with Crippen molar-refractivity contribution in [3.05, 3.63) is 60.2 Å². The summed E-state index contributed by atoms with van der Waals surface area (Å²) in [4.78, 5) is 25.5. The topological polar surface area (TPSA) is 158 Å². The fourth-order valence-electron chi connectivity index (χ4n) is 5.98. The summed E-state index contributed by atoms with van der Waals surface area (Å²) >= 11 is 0. The van der Waals surface area contributed by atoms with Crippen LogP contribution >= 0.6 is 0 Å². The van der Waals surface area contributed by atoms with E-state index in [9.17, 15) is 41.5 Å². The summed E-state index contributed by atoms with van der Waals surface area (Å²) in [6.45, 7) is 2.50. The number of alkyl halides is 3. The maximum Gasteiger partial charge on any atom is 0.451 e. The summed E-state index contributed by atoms with van der Waals surface area (Å²) in [6, 6.07) is 15.1. The third kappa shape index (κ3) is 10.4. The first-order valence-corrected chi connectivity index (χ1v) is 17.6. The second-order valence-electron chi connectivity index (χ2n) is 13.4. The van der Waals surface area contributed by atoms with E-state index >= 15 is 0 Å². The van der Waals surface area contributed by atoms with Gasteiger partial charge >= 0.3 is 12.3 Å². The van der Waals surface area contributed by atoms with Gasteiger partial charge in [-0.15, -0.1) is 0 Å². The van der Waals surface area contributed by atoms with Gasteiger partial charge in [0.05, 0.1) is 48.8 Å². The van der Waals surface area contributed by atoms with Gasteiger partial charge in [-0.3, -0.25) is 4.79 Å². The summed E-state index contributed by atoms with van der Waals surface area (Å²) in [7, 11) is -3.21. The van der Waals surface area contributed by atoms with Crippen molar-refractivity contribution < 1.29 is 50.5 Å². The van der Waals surface area contributed by atoms with E-state index in [1.165, 1.54) is 25.2 Å². The average Bonchev–Trinajstić information content (AvgIpc) is 3.68. The molecule has 0 bridgehead atoms. The Bertz CT molecular complexity index is 1620. The number of hydrogen-bond donors (Lipinski definition) is 2. The van der Waals surface area contributed by atoms with Crippen molar-refractivity contribution in [3.63, 3.8) is 0 Å². The number of carbonyl (C=O) groups is 2. The quantitative estimate of drug-likeness (QED) is 0.259. The number of sulfonamides is 1. The highest BCUT2D eigenvalue weighted by Gasteiger charge is 2.44. The Balaban J connectivity index is 1.60. The van der Waals surface area contributed by atoms with Gasteiger partial charge in [-0.1, -0.05) is 50.2 Å². The van der Waals surface area contributed by atoms with Crippen molar-refractivity contribution in [3.8, 4) is 6.07 Å². The summed E-state index contributed by atoms with van der Waals surface area (Å²) < 4.78 is 85.1. The molecule has 0 aromatic heterocycles. The molecule has 2 aromatic carbocycles. The van der Waals surface area contributed by atoms with E-state index in [0.29, 0.717) is 19.4 Å². The number of nitrogens with zero attached hydrogens (tertiary/aromatic N) is 3. The van der Waals surface area contributed by atoms with Crippen LogP contribution in [0.25, 0.3) is 0 Å². The molecular formula is C34H43F3N4O8S. The van der Waals surface area contributed by atoms with Gasteiger partial charge in [-0.25, -0.2) is 13.2 Å². The van der Waals surface area contributed by atoms with Crippen LogP contribution in [0, 0.1) is 22.7 Å². The molecule has 2 aliphatic heterocycles. The SMILES string of the molecule is CN(CC(=O)C(F)(F)F)c1cccc(S(=O)(=O)N(C[C@@H](O)[C@H](Cc2ccccc2)NC(=O)O[C@H]2CO[C@H]3OCC[C@H]32)CC(C)(C)CCC#N)c1. The highest BCUT2D eigenvalue weighted by Crippen LogP contribution is 2.33. The largest absolute Gasteiger partial charge is 0.451 e. The van der Waals surface area contributed by atoms with Crippen molar-refractivity contribution in [1.82, 2.24) is 9.62 Å². The van der Waals surface area contributed by atoms with E-state index in [-0.39, 0.29) is 42.5 Å². The van der Waals surface area contributed by atoms with Crippen LogP contribution in [0.15, 0.2) is 59.5 Å². The Morgan fingerprint density at radius 1 is 1.14 bits per heavy atom. The van der Waals surface area contributed by atoms with Gasteiger partial charge in [0.1, 0.15) is 6.10 Å². The first-order valence-electron chi connectivity index (χ1n) is 16.2. The minimum absolute atomic E-state index is 0.0464. The van der Waals surface area contributed by atoms with Gasteiger partial charge in [0.2, 0.25) is 10.0 Å². The summed E-state index contributed by atoms with van der Waals surface area (Å²) in [5.41, 5.74) is 0.0444. The number of halogens is 3. The number of ether oxygens (including phenoxy) is 3. The number of fused-ring (bicyclic) bond motifs is 1. The molecule has 16 heteroatoms. The molecule has 2 aliphatic rings. The molecule has 50 heavy (non-hydrogen) atoms. The van der Waals surface area contributed by atoms with Crippen LogP contribution in [0.2, 0.25) is 0 Å². The van der Waals surface area contributed by atoms with E-state index in [1.54, 1.807) is 44.2 Å². The predicted octanol–water partition coefficient (Wildman–Crippen LogP) is 4.03. The number of anilines is 1. The number of Topliss-reactive ketones (excluding diaryl/α,β-unsaturated/α-hetero) is 1. The Morgan fingerprint density at radius 2 is 1.86 bits per heavy atom. The van der Waals surface area contributed by atoms with E-state index in [1.807, 2.05) is 0 Å². The smallest absolute Gasteiger partial charge is 0.443 e. The van der Waals surface area contributed by atoms with Crippen molar-refractivity contribution in [2.45, 2.75) is 75.1 Å². The van der Waals surface area contributed by atoms with Crippen molar-refractivity contribution in [2.75, 3.05) is 44.8 Å². The fourth-order valence-corrected chi connectivity index (χ4v) is 7.67. The molecule has 12 nitrogen and oxygen atoms in total. The van der Waals surface area contributed by atoms with Crippen LogP contribution in [0.4, 0.5) is 23.7 Å². The Kier molecular flexibility index (Phi) is 12.9. The maximum atomic E-state index is 14.3. The minimum atomic E-state index is -5.06. The van der Waals surface area contributed by atoms with Gasteiger partial charge < -0.3 is 29.5 Å². The zero-order valence-corrected chi connectivity index (χ0v) is 29.0. The molecule has 1 amide bonds. The molecule has 2 saturated heterocycles. The number of rotatable bonds is 16. The summed E-state index contributed by atoms with van der Waals surface area (Å²) in [6.07, 6.45) is -7.14. The lowest BCUT2D eigenvalue weighted by atomic mass is 9.88. The monoisotopic (exact) mass is 724 g/mol. The predicted molar refractivity (Wildman–Crippen MR) is 175 cm³/mol. The summed E-state index contributed by atoms with van der Waals surface area (Å²) in [5.74, 6) is -2.12. The summed E-state index contributed by atoms with van der Waals surface area (Å²) in [5, 5.41) is 23.6. The minimum Gasteiger partial charge on any atom is -0.443 e. The maximum absolute atomic E-state index is 14.3. The first-order chi connectivity index (χ1) is 23.5. The number of carbonyl (C=O) groups excluding carboxylic acids is 2. The number of ketones is 1. The number of nitriles is 1. The number of benzene rings is 2. The molecule has 0 unspecified atom stereocenters. The number of amides is 1. The molecule has 274 valence electrons. The molecule has 2 aromatic rings. The van der Waals surface area contributed by atoms with Crippen LogP contribution in [-0.4, -0.2) is 100 Å². The zero-order valence-electron chi connectivity index (χ0n) is 28.1. The zero-order chi connectivity index (χ0) is 36.7. The lowest BCUT2D eigenvalue weighted by Gasteiger charge is -2.35. The van der Waals surface area contributed by atoms with Gasteiger partial charge in [0.15, 0.2) is 6.29 Å². The Labute approximate surface area is 290 Å². The molecule has 0 radical (unpaired) electrons. The number of aliphatic hydroxyl groups is 1. The van der Waals surface area contributed by atoms with Crippen LogP contribution in [-0.2, 0) is 35.4 Å². The molecule has 5 atom stereocenters. The molecule has 2 N–H and O–H groups in total. The molecule has 0 spiro atoms. The van der Waals surface area contributed by atoms with E-state index in [4.69, 9.17) is 14.2 Å². The standard InChI is InChI=1S/C34H43F3N4O8S/c1-33(2,14-8-15-38)22-41(50(45,46)25-12-7-11-24(18-25)40(3)20-30(43)34(35,36)37)19-28(42)27(17-23-9-5-4-6-10-23)39-32(44)49-29-21-48-31-26(29)13-16-47-31/h4-7,9-12,18,26-29,31,42H,8,13-14,16-17,19-22H2,1-3H3,(H,39,44)/t26-,27-,28+,29-,31+/m0/s1. The second-order valence-corrected chi connectivity index (χ2v) is 15.3. The third-order valence-corrected chi connectivity index (χ3v) is 10.6. The van der Waals surface area contributed by atoms with E-state index in [0.717, 1.165) is 20.8 Å². The molecule has 2 heterocycles. The fraction of sp³-hybridized carbons (Fsp3) is 0.559. The molecular weight excluding hydrogens is 681 g/mol. The van der Waals surface area contributed by atoms with Gasteiger partial charge in [-0.2, -0.15) is 22.7 Å². The van der Waals surface area contributed by atoms with Gasteiger partial charge in [0.25, 0.3) is 5.78 Å². The van der Waals surface area contributed by atoms with Crippen molar-refractivity contribution >= 4 is 27.6 Å². The highest BCUT2D eigenvalue weighted by molar-refractivity contribution is 7.89. The van der Waals surface area contributed by atoms with E-state index in [2.05, 4.69) is 11.4 Å². The lowest BCUT2D eigenvalue weighted by molar-refractivity contribution is -0.169. The molecule has 2 fully saturated rings. The van der Waals surface area contributed by atoms with Crippen molar-refractivity contribution in [1.29, 1.82) is 5.26 Å². The Morgan fingerprint density at radius 3 is 2.54 bits per heavy atom. The first kappa shape index (κ1) is 39.0. The van der Waals surface area contributed by atoms with Crippen LogP contribution in [0.1, 0.15) is 38.7 Å². The molecule has 4 rings (SSSR count). The highest BCUT2D eigenvalue weighted by atomic mass is 32.2.